The van der Waals surface area contributed by atoms with E-state index in [2.05, 4.69) is 25.2 Å². The summed E-state index contributed by atoms with van der Waals surface area (Å²) in [4.78, 5) is 0. The van der Waals surface area contributed by atoms with E-state index in [1.165, 1.54) is 0 Å². The van der Waals surface area contributed by atoms with Gasteiger partial charge in [0.1, 0.15) is 0 Å². The highest BCUT2D eigenvalue weighted by atomic mass is 35.5. The molecule has 0 heterocycles. The van der Waals surface area contributed by atoms with E-state index < -0.39 is 0 Å². The van der Waals surface area contributed by atoms with E-state index in [1.54, 1.807) is 14.2 Å². The normalized spacial score (nSPS) is 11.2. The third-order valence-corrected chi connectivity index (χ3v) is 2.69. The summed E-state index contributed by atoms with van der Waals surface area (Å²) in [6, 6.07) is 4.23. The maximum Gasteiger partial charge on any atom is 0.179 e. The lowest BCUT2D eigenvalue weighted by Crippen LogP contribution is -2.22. The summed E-state index contributed by atoms with van der Waals surface area (Å²) < 4.78 is 10.4. The lowest BCUT2D eigenvalue weighted by Gasteiger charge is -2.10. The van der Waals surface area contributed by atoms with Crippen molar-refractivity contribution in [3.8, 4) is 11.5 Å². The van der Waals surface area contributed by atoms with Crippen molar-refractivity contribution in [3.05, 3.63) is 28.8 Å². The molecule has 0 aliphatic rings. The third kappa shape index (κ3) is 4.24. The second-order valence-corrected chi connectivity index (χ2v) is 4.61. The summed E-state index contributed by atoms with van der Waals surface area (Å²) in [5.41, 5.74) is 0.989. The van der Waals surface area contributed by atoms with E-state index in [0.717, 1.165) is 12.1 Å². The molecule has 0 bridgehead atoms. The van der Waals surface area contributed by atoms with Gasteiger partial charge < -0.3 is 14.8 Å². The molecule has 0 atom stereocenters. The molecule has 1 aromatic rings. The van der Waals surface area contributed by atoms with Crippen LogP contribution in [-0.4, -0.2) is 26.8 Å². The molecule has 0 unspecified atom stereocenters. The fraction of sp³-hybridized carbons (Fsp3) is 0.429. The molecule has 0 saturated heterocycles. The van der Waals surface area contributed by atoms with Crippen molar-refractivity contribution in [1.82, 2.24) is 5.32 Å². The summed E-state index contributed by atoms with van der Waals surface area (Å²) >= 11 is 6.12. The second kappa shape index (κ2) is 7.29. The Bertz CT molecular complexity index is 417. The predicted octanol–water partition coefficient (Wildman–Crippen LogP) is 3.37. The van der Waals surface area contributed by atoms with Gasteiger partial charge >= 0.3 is 0 Å². The highest BCUT2D eigenvalue weighted by molar-refractivity contribution is 6.32. The Hall–Kier alpha value is -1.19. The van der Waals surface area contributed by atoms with Crippen LogP contribution in [0.2, 0.25) is 5.02 Å². The predicted molar refractivity (Wildman–Crippen MR) is 76.7 cm³/mol. The first-order valence-corrected chi connectivity index (χ1v) is 6.27. The number of benzene rings is 1. The van der Waals surface area contributed by atoms with Gasteiger partial charge in [-0.2, -0.15) is 0 Å². The van der Waals surface area contributed by atoms with Crippen LogP contribution >= 0.6 is 11.6 Å². The molecule has 18 heavy (non-hydrogen) atoms. The highest BCUT2D eigenvalue weighted by Gasteiger charge is 2.09. The Morgan fingerprint density at radius 3 is 2.56 bits per heavy atom. The van der Waals surface area contributed by atoms with E-state index in [9.17, 15) is 0 Å². The summed E-state index contributed by atoms with van der Waals surface area (Å²) in [7, 11) is 3.17. The summed E-state index contributed by atoms with van der Waals surface area (Å²) in [5, 5.41) is 3.86. The Balaban J connectivity index is 2.81. The molecule has 0 aliphatic heterocycles. The minimum Gasteiger partial charge on any atom is -0.493 e. The van der Waals surface area contributed by atoms with Crippen molar-refractivity contribution >= 4 is 17.7 Å². The van der Waals surface area contributed by atoms with Crippen LogP contribution in [0.3, 0.4) is 0 Å². The van der Waals surface area contributed by atoms with Crippen molar-refractivity contribution in [2.24, 2.45) is 0 Å². The van der Waals surface area contributed by atoms with Crippen molar-refractivity contribution in [2.75, 3.05) is 20.8 Å². The van der Waals surface area contributed by atoms with E-state index in [4.69, 9.17) is 21.1 Å². The Labute approximate surface area is 114 Å². The van der Waals surface area contributed by atoms with Crippen LogP contribution in [0.25, 0.3) is 6.08 Å². The van der Waals surface area contributed by atoms with Gasteiger partial charge in [-0.05, 0) is 17.7 Å². The minimum atomic E-state index is 0.476. The monoisotopic (exact) mass is 269 g/mol. The number of nitrogens with one attached hydrogen (secondary N) is 1. The molecule has 0 spiro atoms. The molecule has 1 N–H and O–H groups in total. The van der Waals surface area contributed by atoms with E-state index >= 15 is 0 Å². The average Bonchev–Trinajstić information content (AvgIpc) is 2.33. The molecule has 100 valence electrons. The van der Waals surface area contributed by atoms with Gasteiger partial charge in [-0.1, -0.05) is 37.6 Å². The lowest BCUT2D eigenvalue weighted by molar-refractivity contribution is 0.355. The van der Waals surface area contributed by atoms with Crippen LogP contribution in [-0.2, 0) is 0 Å². The minimum absolute atomic E-state index is 0.476. The first-order valence-electron chi connectivity index (χ1n) is 5.90. The maximum absolute atomic E-state index is 6.12. The van der Waals surface area contributed by atoms with Gasteiger partial charge in [0.15, 0.2) is 11.5 Å². The molecule has 1 aromatic carbocycles. The summed E-state index contributed by atoms with van der Waals surface area (Å²) in [6.07, 6.45) is 4.06. The van der Waals surface area contributed by atoms with E-state index in [0.29, 0.717) is 22.6 Å². The number of rotatable bonds is 6. The molecule has 1 rings (SSSR count). The number of methoxy groups -OCH3 is 2. The number of hydrogen-bond donors (Lipinski definition) is 1. The fourth-order valence-corrected chi connectivity index (χ4v) is 1.83. The highest BCUT2D eigenvalue weighted by Crippen LogP contribution is 2.36. The first kappa shape index (κ1) is 14.9. The second-order valence-electron chi connectivity index (χ2n) is 4.20. The van der Waals surface area contributed by atoms with Crippen molar-refractivity contribution < 1.29 is 9.47 Å². The van der Waals surface area contributed by atoms with Crippen LogP contribution in [0.1, 0.15) is 19.4 Å². The zero-order chi connectivity index (χ0) is 13.5. The van der Waals surface area contributed by atoms with Gasteiger partial charge in [0, 0.05) is 12.6 Å². The summed E-state index contributed by atoms with van der Waals surface area (Å²) in [6.45, 7) is 5.05. The smallest absolute Gasteiger partial charge is 0.179 e. The van der Waals surface area contributed by atoms with Crippen LogP contribution in [0.15, 0.2) is 18.2 Å². The van der Waals surface area contributed by atoms with Gasteiger partial charge in [0.2, 0.25) is 0 Å². The third-order valence-electron chi connectivity index (χ3n) is 2.41. The van der Waals surface area contributed by atoms with Gasteiger partial charge in [-0.25, -0.2) is 0 Å². The van der Waals surface area contributed by atoms with Crippen molar-refractivity contribution in [2.45, 2.75) is 19.9 Å². The van der Waals surface area contributed by atoms with Gasteiger partial charge in [0.05, 0.1) is 19.2 Å². The molecular weight excluding hydrogens is 250 g/mol. The van der Waals surface area contributed by atoms with Gasteiger partial charge in [0.25, 0.3) is 0 Å². The SMILES string of the molecule is COc1cc(C=CCNC(C)C)cc(Cl)c1OC. The number of halogens is 1. The molecule has 3 nitrogen and oxygen atoms in total. The van der Waals surface area contributed by atoms with Gasteiger partial charge in [-0.3, -0.25) is 0 Å². The molecule has 0 amide bonds. The lowest BCUT2D eigenvalue weighted by atomic mass is 10.2. The number of hydrogen-bond acceptors (Lipinski definition) is 3. The largest absolute Gasteiger partial charge is 0.493 e. The quantitative estimate of drug-likeness (QED) is 0.859. The average molecular weight is 270 g/mol. The van der Waals surface area contributed by atoms with Crippen LogP contribution in [0, 0.1) is 0 Å². The zero-order valence-electron chi connectivity index (χ0n) is 11.3. The topological polar surface area (TPSA) is 30.5 Å². The standard InChI is InChI=1S/C14H20ClNO2/c1-10(2)16-7-5-6-11-8-12(15)14(18-4)13(9-11)17-3/h5-6,8-10,16H,7H2,1-4H3. The Morgan fingerprint density at radius 2 is 2.00 bits per heavy atom. The Kier molecular flexibility index (Phi) is 6.02. The first-order chi connectivity index (χ1) is 8.58. The fourth-order valence-electron chi connectivity index (χ4n) is 1.53. The van der Waals surface area contributed by atoms with Crippen LogP contribution in [0.5, 0.6) is 11.5 Å². The van der Waals surface area contributed by atoms with Crippen molar-refractivity contribution in [1.29, 1.82) is 0 Å². The van der Waals surface area contributed by atoms with Gasteiger partial charge in [-0.15, -0.1) is 0 Å². The van der Waals surface area contributed by atoms with E-state index in [-0.39, 0.29) is 0 Å². The molecule has 0 aliphatic carbocycles. The maximum atomic E-state index is 6.12. The van der Waals surface area contributed by atoms with E-state index in [1.807, 2.05) is 18.2 Å². The summed E-state index contributed by atoms with van der Waals surface area (Å²) in [5.74, 6) is 1.21. The van der Waals surface area contributed by atoms with Crippen molar-refractivity contribution in [3.63, 3.8) is 0 Å². The van der Waals surface area contributed by atoms with Crippen LogP contribution in [0.4, 0.5) is 0 Å². The number of ether oxygens (including phenoxy) is 2. The molecule has 0 radical (unpaired) electrons. The molecule has 0 saturated carbocycles. The molecule has 4 heteroatoms. The van der Waals surface area contributed by atoms with Crippen LogP contribution < -0.4 is 14.8 Å². The Morgan fingerprint density at radius 1 is 1.28 bits per heavy atom. The molecule has 0 fully saturated rings. The molecule has 0 aromatic heterocycles. The zero-order valence-corrected chi connectivity index (χ0v) is 12.0. The molecular formula is C14H20ClNO2.